The monoisotopic (exact) mass is 670 g/mol. The van der Waals surface area contributed by atoms with Gasteiger partial charge in [-0.3, -0.25) is 4.79 Å². The summed E-state index contributed by atoms with van der Waals surface area (Å²) in [4.78, 5) is 13.1. The molecule has 0 spiro atoms. The Labute approximate surface area is 278 Å². The first-order valence-corrected chi connectivity index (χ1v) is 16.5. The van der Waals surface area contributed by atoms with Crippen LogP contribution in [0, 0.1) is 5.92 Å². The molecule has 12 atom stereocenters. The molecule has 10 N–H and O–H groups in total. The van der Waals surface area contributed by atoms with Crippen LogP contribution in [0.4, 0.5) is 0 Å². The van der Waals surface area contributed by atoms with Gasteiger partial charge in [-0.1, -0.05) is 80.9 Å². The average molecular weight is 671 g/mol. The molecule has 0 aromatic carbocycles. The molecule has 1 rings (SSSR count). The highest BCUT2D eigenvalue weighted by Crippen LogP contribution is 2.24. The molecule has 47 heavy (non-hydrogen) atoms. The molecule has 1 aliphatic rings. The van der Waals surface area contributed by atoms with Crippen LogP contribution >= 0.6 is 0 Å². The summed E-state index contributed by atoms with van der Waals surface area (Å²) in [5, 5.41) is 105. The van der Waals surface area contributed by atoms with E-state index in [2.05, 4.69) is 0 Å². The zero-order valence-corrected chi connectivity index (χ0v) is 27.8. The Hall–Kier alpha value is -2.23. The van der Waals surface area contributed by atoms with Crippen molar-refractivity contribution in [2.24, 2.45) is 5.92 Å². The lowest BCUT2D eigenvalue weighted by Gasteiger charge is -2.30. The fraction of sp³-hybridized carbons (Fsp3) is 0.686. The minimum atomic E-state index is -1.61. The zero-order valence-electron chi connectivity index (χ0n) is 27.8. The van der Waals surface area contributed by atoms with Gasteiger partial charge in [0.05, 0.1) is 42.7 Å². The highest BCUT2D eigenvalue weighted by molar-refractivity contribution is 5.74. The number of ether oxygens (including phenoxy) is 1. The Morgan fingerprint density at radius 1 is 0.723 bits per heavy atom. The van der Waals surface area contributed by atoms with Crippen LogP contribution < -0.4 is 0 Å². The molecule has 0 aromatic heterocycles. The molecule has 270 valence electrons. The molecular formula is C35H58O12. The lowest BCUT2D eigenvalue weighted by atomic mass is 9.87. The quantitative estimate of drug-likeness (QED) is 0.145. The average Bonchev–Trinajstić information content (AvgIpc) is 2.98. The molecule has 0 bridgehead atoms. The summed E-state index contributed by atoms with van der Waals surface area (Å²) in [5.41, 5.74) is 0.357. The molecule has 0 saturated heterocycles. The number of allylic oxidation sites excluding steroid dienone is 8. The van der Waals surface area contributed by atoms with Crippen LogP contribution in [0.25, 0.3) is 0 Å². The molecule has 0 fully saturated rings. The first-order valence-electron chi connectivity index (χ1n) is 16.5. The van der Waals surface area contributed by atoms with Gasteiger partial charge in [0, 0.05) is 12.8 Å². The number of cyclic esters (lactones) is 1. The summed E-state index contributed by atoms with van der Waals surface area (Å²) in [6, 6.07) is 0. The van der Waals surface area contributed by atoms with E-state index in [1.54, 1.807) is 55.5 Å². The smallest absolute Gasteiger partial charge is 0.314 e. The third-order valence-corrected chi connectivity index (χ3v) is 8.17. The number of hydrogen-bond donors (Lipinski definition) is 10. The Morgan fingerprint density at radius 2 is 1.21 bits per heavy atom. The van der Waals surface area contributed by atoms with Crippen molar-refractivity contribution in [1.29, 1.82) is 0 Å². The topological polar surface area (TPSA) is 229 Å². The van der Waals surface area contributed by atoms with Gasteiger partial charge in [-0.05, 0) is 45.1 Å². The van der Waals surface area contributed by atoms with E-state index in [-0.39, 0.29) is 32.1 Å². The maximum atomic E-state index is 13.1. The van der Waals surface area contributed by atoms with E-state index in [0.717, 1.165) is 12.8 Å². The Balaban J connectivity index is 3.19. The summed E-state index contributed by atoms with van der Waals surface area (Å²) in [6.45, 7) is 5.00. The fourth-order valence-corrected chi connectivity index (χ4v) is 5.30. The second kappa shape index (κ2) is 23.2. The van der Waals surface area contributed by atoms with E-state index in [1.807, 2.05) is 6.92 Å². The van der Waals surface area contributed by atoms with Gasteiger partial charge in [-0.25, -0.2) is 0 Å². The summed E-state index contributed by atoms with van der Waals surface area (Å²) >= 11 is 0. The van der Waals surface area contributed by atoms with Crippen LogP contribution in [0.3, 0.4) is 0 Å². The van der Waals surface area contributed by atoms with E-state index in [1.165, 1.54) is 13.0 Å². The van der Waals surface area contributed by atoms with E-state index in [9.17, 15) is 55.9 Å². The third-order valence-electron chi connectivity index (χ3n) is 8.17. The second-order valence-electron chi connectivity index (χ2n) is 12.5. The normalized spacial score (nSPS) is 35.8. The lowest BCUT2D eigenvalue weighted by molar-refractivity contribution is -0.168. The first kappa shape index (κ1) is 42.8. The molecule has 0 amide bonds. The van der Waals surface area contributed by atoms with E-state index < -0.39 is 85.5 Å². The van der Waals surface area contributed by atoms with Gasteiger partial charge in [-0.15, -0.1) is 0 Å². The number of aliphatic hydroxyl groups is 10. The number of unbranched alkanes of at least 4 members (excludes halogenated alkanes) is 2. The van der Waals surface area contributed by atoms with Crippen molar-refractivity contribution in [3.8, 4) is 0 Å². The molecular weight excluding hydrogens is 612 g/mol. The van der Waals surface area contributed by atoms with Crippen molar-refractivity contribution >= 4 is 5.97 Å². The van der Waals surface area contributed by atoms with E-state index in [0.29, 0.717) is 12.0 Å². The first-order chi connectivity index (χ1) is 22.2. The van der Waals surface area contributed by atoms with Gasteiger partial charge in [0.2, 0.25) is 0 Å². The Kier molecular flexibility index (Phi) is 21.1. The summed E-state index contributed by atoms with van der Waals surface area (Å²) < 4.78 is 5.41. The van der Waals surface area contributed by atoms with Gasteiger partial charge < -0.3 is 55.8 Å². The minimum Gasteiger partial charge on any atom is -0.459 e. The number of hydrogen-bond acceptors (Lipinski definition) is 12. The maximum absolute atomic E-state index is 13.1. The summed E-state index contributed by atoms with van der Waals surface area (Å²) in [5.74, 6) is -2.37. The largest absolute Gasteiger partial charge is 0.459 e. The molecule has 1 heterocycles. The number of aliphatic hydroxyl groups excluding tert-OH is 10. The predicted molar refractivity (Wildman–Crippen MR) is 177 cm³/mol. The maximum Gasteiger partial charge on any atom is 0.314 e. The Morgan fingerprint density at radius 3 is 1.77 bits per heavy atom. The van der Waals surface area contributed by atoms with Crippen molar-refractivity contribution in [2.75, 3.05) is 0 Å². The molecule has 0 aliphatic carbocycles. The third kappa shape index (κ3) is 17.1. The van der Waals surface area contributed by atoms with Crippen molar-refractivity contribution in [3.63, 3.8) is 0 Å². The van der Waals surface area contributed by atoms with Gasteiger partial charge in [0.15, 0.2) is 0 Å². The highest BCUT2D eigenvalue weighted by atomic mass is 16.6. The van der Waals surface area contributed by atoms with Crippen LogP contribution in [0.2, 0.25) is 0 Å². The van der Waals surface area contributed by atoms with E-state index in [4.69, 9.17) is 4.74 Å². The van der Waals surface area contributed by atoms with Gasteiger partial charge in [0.1, 0.15) is 30.3 Å². The minimum absolute atomic E-state index is 0.197. The van der Waals surface area contributed by atoms with Crippen LogP contribution in [0.15, 0.2) is 60.3 Å². The number of esters is 1. The zero-order chi connectivity index (χ0) is 35.5. The van der Waals surface area contributed by atoms with Crippen molar-refractivity contribution in [3.05, 3.63) is 60.3 Å². The van der Waals surface area contributed by atoms with Crippen molar-refractivity contribution in [1.82, 2.24) is 0 Å². The highest BCUT2D eigenvalue weighted by Gasteiger charge is 2.37. The molecule has 0 unspecified atom stereocenters. The van der Waals surface area contributed by atoms with Crippen LogP contribution in [-0.4, -0.2) is 124 Å². The lowest BCUT2D eigenvalue weighted by Crippen LogP contribution is -2.43. The van der Waals surface area contributed by atoms with Gasteiger partial charge in [-0.2, -0.15) is 0 Å². The number of carbonyl (C=O) groups excluding carboxylic acids is 1. The standard InChI is InChI=1S/C35H58O12/c1-4-5-11-16-29(41)32-30(42)20-26(38)18-24(36)17-25(37)19-27(39)21-31(43)34(45)33(44)22(2)14-12-9-7-6-8-10-13-15-28(40)23(3)47-35(32)46/h6-10,12-15,23-34,36-45H,4-5,11,16-21H2,1-3H3/t23-,24+,25-,26+,27-,28-,29+,30+,31-,32+,33+,34-/m1/s1. The van der Waals surface area contributed by atoms with Crippen molar-refractivity contribution in [2.45, 2.75) is 146 Å². The molecule has 0 saturated carbocycles. The van der Waals surface area contributed by atoms with Crippen LogP contribution in [-0.2, 0) is 9.53 Å². The number of carbonyl (C=O) groups is 1. The van der Waals surface area contributed by atoms with Crippen LogP contribution in [0.5, 0.6) is 0 Å². The van der Waals surface area contributed by atoms with Gasteiger partial charge >= 0.3 is 5.97 Å². The second-order valence-corrected chi connectivity index (χ2v) is 12.5. The molecule has 0 aromatic rings. The molecule has 12 heteroatoms. The summed E-state index contributed by atoms with van der Waals surface area (Å²) in [6.07, 6.45) is 0.559. The fourth-order valence-electron chi connectivity index (χ4n) is 5.30. The van der Waals surface area contributed by atoms with Crippen molar-refractivity contribution < 1.29 is 60.6 Å². The molecule has 1 aliphatic heterocycles. The Bertz CT molecular complexity index is 1020. The summed E-state index contributed by atoms with van der Waals surface area (Å²) in [7, 11) is 0. The van der Waals surface area contributed by atoms with Gasteiger partial charge in [0.25, 0.3) is 0 Å². The van der Waals surface area contributed by atoms with E-state index >= 15 is 0 Å². The van der Waals surface area contributed by atoms with Crippen LogP contribution in [0.1, 0.15) is 78.6 Å². The SMILES string of the molecule is CCCCC[C@H](O)[C@@H]1C(=O)O[C@H](C)[C@H](O)C=CC=CC=CC=CC=C(C)[C@H](O)[C@H](O)[C@H](O)C[C@H](O)C[C@H](O)C[C@H](O)C[C@H](O)C[C@@H]1O. The molecule has 0 radical (unpaired) electrons. The predicted octanol–water partition coefficient (Wildman–Crippen LogP) is 0.859. The molecule has 12 nitrogen and oxygen atoms in total. The number of rotatable bonds is 5.